The number of hydrogen-bond acceptors (Lipinski definition) is 4. The summed E-state index contributed by atoms with van der Waals surface area (Å²) in [4.78, 5) is 20.5. The van der Waals surface area contributed by atoms with Crippen LogP contribution < -0.4 is 5.32 Å². The largest absolute Gasteiger partial charge is 0.379 e. The normalized spacial score (nSPS) is 18.2. The third-order valence-corrected chi connectivity index (χ3v) is 3.54. The van der Waals surface area contributed by atoms with Crippen molar-refractivity contribution in [3.8, 4) is 11.1 Å². The number of carbonyl (C=O) groups is 1. The van der Waals surface area contributed by atoms with Gasteiger partial charge < -0.3 is 10.1 Å². The lowest BCUT2D eigenvalue weighted by molar-refractivity contribution is 0.0624. The number of aromatic nitrogens is 2. The van der Waals surface area contributed by atoms with Gasteiger partial charge in [0.05, 0.1) is 12.6 Å². The molecule has 0 saturated carbocycles. The fourth-order valence-electron chi connectivity index (χ4n) is 2.49. The number of nitrogens with zero attached hydrogens (tertiary/aromatic N) is 2. The Morgan fingerprint density at radius 1 is 1.24 bits per heavy atom. The molecule has 0 radical (unpaired) electrons. The highest BCUT2D eigenvalue weighted by atomic mass is 16.5. The first-order valence-corrected chi connectivity index (χ1v) is 7.07. The lowest BCUT2D eigenvalue weighted by Gasteiger charge is -2.23. The highest BCUT2D eigenvalue weighted by molar-refractivity contribution is 6.00. The molecule has 1 unspecified atom stereocenters. The number of benzene rings is 1. The maximum absolute atomic E-state index is 12.5. The molecule has 1 aliphatic heterocycles. The summed E-state index contributed by atoms with van der Waals surface area (Å²) in [6.07, 6.45) is 6.85. The van der Waals surface area contributed by atoms with E-state index in [1.807, 2.05) is 24.3 Å². The van der Waals surface area contributed by atoms with Crippen molar-refractivity contribution < 1.29 is 9.53 Å². The van der Waals surface area contributed by atoms with Gasteiger partial charge in [0.2, 0.25) is 0 Å². The Morgan fingerprint density at radius 3 is 2.81 bits per heavy atom. The lowest BCUT2D eigenvalue weighted by Crippen LogP contribution is -2.40. The molecule has 1 amide bonds. The predicted molar refractivity (Wildman–Crippen MR) is 78.8 cm³/mol. The quantitative estimate of drug-likeness (QED) is 0.936. The minimum atomic E-state index is -0.0787. The van der Waals surface area contributed by atoms with E-state index in [2.05, 4.69) is 15.3 Å². The van der Waals surface area contributed by atoms with Gasteiger partial charge in [0, 0.05) is 30.1 Å². The molecule has 2 aromatic rings. The zero-order valence-electron chi connectivity index (χ0n) is 11.7. The van der Waals surface area contributed by atoms with Crippen LogP contribution in [-0.4, -0.2) is 35.1 Å². The molecule has 5 heteroatoms. The third-order valence-electron chi connectivity index (χ3n) is 3.54. The van der Waals surface area contributed by atoms with Crippen LogP contribution in [0.5, 0.6) is 0 Å². The molecule has 0 aliphatic carbocycles. The van der Waals surface area contributed by atoms with Crippen molar-refractivity contribution in [2.24, 2.45) is 0 Å². The summed E-state index contributed by atoms with van der Waals surface area (Å²) in [7, 11) is 0. The topological polar surface area (TPSA) is 64.1 Å². The van der Waals surface area contributed by atoms with Crippen molar-refractivity contribution in [2.45, 2.75) is 18.9 Å². The molecule has 0 bridgehead atoms. The van der Waals surface area contributed by atoms with Gasteiger partial charge >= 0.3 is 0 Å². The van der Waals surface area contributed by atoms with Gasteiger partial charge in [0.15, 0.2) is 0 Å². The second-order valence-corrected chi connectivity index (χ2v) is 5.06. The van der Waals surface area contributed by atoms with Crippen molar-refractivity contribution in [1.82, 2.24) is 15.3 Å². The Hall–Kier alpha value is -2.27. The molecule has 1 fully saturated rings. The van der Waals surface area contributed by atoms with Crippen LogP contribution >= 0.6 is 0 Å². The van der Waals surface area contributed by atoms with Gasteiger partial charge in [-0.1, -0.05) is 18.2 Å². The number of carbonyl (C=O) groups excluding carboxylic acids is 1. The first-order chi connectivity index (χ1) is 10.3. The molecule has 21 heavy (non-hydrogen) atoms. The van der Waals surface area contributed by atoms with Gasteiger partial charge in [-0.05, 0) is 24.5 Å². The number of rotatable bonds is 3. The van der Waals surface area contributed by atoms with Crippen LogP contribution in [0, 0.1) is 0 Å². The van der Waals surface area contributed by atoms with E-state index in [1.54, 1.807) is 12.4 Å². The van der Waals surface area contributed by atoms with Crippen molar-refractivity contribution in [3.05, 3.63) is 48.5 Å². The van der Waals surface area contributed by atoms with E-state index in [4.69, 9.17) is 4.74 Å². The van der Waals surface area contributed by atoms with Crippen LogP contribution in [0.25, 0.3) is 11.1 Å². The summed E-state index contributed by atoms with van der Waals surface area (Å²) in [6, 6.07) is 7.58. The van der Waals surface area contributed by atoms with Crippen LogP contribution in [-0.2, 0) is 4.74 Å². The molecule has 1 aromatic heterocycles. The molecule has 5 nitrogen and oxygen atoms in total. The first kappa shape index (κ1) is 13.7. The van der Waals surface area contributed by atoms with Crippen LogP contribution in [0.15, 0.2) is 43.0 Å². The lowest BCUT2D eigenvalue weighted by atomic mass is 10.0. The molecule has 1 aromatic carbocycles. The zero-order valence-corrected chi connectivity index (χ0v) is 11.7. The molecular formula is C16H17N3O2. The van der Waals surface area contributed by atoms with Gasteiger partial charge in [-0.3, -0.25) is 4.79 Å². The minimum Gasteiger partial charge on any atom is -0.379 e. The van der Waals surface area contributed by atoms with Gasteiger partial charge in [-0.25, -0.2) is 9.97 Å². The zero-order chi connectivity index (χ0) is 14.5. The van der Waals surface area contributed by atoms with Gasteiger partial charge in [0.1, 0.15) is 6.33 Å². The molecule has 1 N–H and O–H groups in total. The Balaban J connectivity index is 1.83. The Morgan fingerprint density at radius 2 is 2.05 bits per heavy atom. The highest BCUT2D eigenvalue weighted by Crippen LogP contribution is 2.22. The average Bonchev–Trinajstić information content (AvgIpc) is 2.56. The molecule has 2 heterocycles. The van der Waals surface area contributed by atoms with E-state index in [1.165, 1.54) is 6.33 Å². The highest BCUT2D eigenvalue weighted by Gasteiger charge is 2.19. The van der Waals surface area contributed by atoms with Crippen molar-refractivity contribution in [3.63, 3.8) is 0 Å². The van der Waals surface area contributed by atoms with Crippen LogP contribution in [0.3, 0.4) is 0 Å². The van der Waals surface area contributed by atoms with Crippen molar-refractivity contribution >= 4 is 5.91 Å². The Kier molecular flexibility index (Phi) is 4.21. The second kappa shape index (κ2) is 6.45. The van der Waals surface area contributed by atoms with Gasteiger partial charge in [0.25, 0.3) is 5.91 Å². The molecular weight excluding hydrogens is 266 g/mol. The fraction of sp³-hybridized carbons (Fsp3) is 0.312. The fourth-order valence-corrected chi connectivity index (χ4v) is 2.49. The first-order valence-electron chi connectivity index (χ1n) is 7.07. The molecule has 1 saturated heterocycles. The Bertz CT molecular complexity index is 610. The number of nitrogens with one attached hydrogen (secondary N) is 1. The minimum absolute atomic E-state index is 0.0787. The third kappa shape index (κ3) is 3.25. The van der Waals surface area contributed by atoms with Crippen molar-refractivity contribution in [1.29, 1.82) is 0 Å². The molecule has 1 aliphatic rings. The van der Waals surface area contributed by atoms with Gasteiger partial charge in [-0.2, -0.15) is 0 Å². The monoisotopic (exact) mass is 283 g/mol. The summed E-state index contributed by atoms with van der Waals surface area (Å²) in [5.74, 6) is -0.0787. The van der Waals surface area contributed by atoms with Crippen molar-refractivity contribution in [2.75, 3.05) is 13.2 Å². The maximum atomic E-state index is 12.5. The van der Waals surface area contributed by atoms with E-state index < -0.39 is 0 Å². The second-order valence-electron chi connectivity index (χ2n) is 5.06. The van der Waals surface area contributed by atoms with E-state index in [-0.39, 0.29) is 11.9 Å². The number of hydrogen-bond donors (Lipinski definition) is 1. The SMILES string of the molecule is O=C(NC1CCCOC1)c1ccccc1-c1cncnc1. The van der Waals surface area contributed by atoms with E-state index >= 15 is 0 Å². The summed E-state index contributed by atoms with van der Waals surface area (Å²) in [6.45, 7) is 1.37. The number of amides is 1. The standard InChI is InChI=1S/C16H17N3O2/c20-16(19-13-4-3-7-21-10-13)15-6-2-1-5-14(15)12-8-17-11-18-9-12/h1-2,5-6,8-9,11,13H,3-4,7,10H2,(H,19,20). The number of ether oxygens (including phenoxy) is 1. The molecule has 0 spiro atoms. The molecule has 108 valence electrons. The van der Waals surface area contributed by atoms with E-state index in [9.17, 15) is 4.79 Å². The molecule has 3 rings (SSSR count). The smallest absolute Gasteiger partial charge is 0.252 e. The predicted octanol–water partition coefficient (Wildman–Crippen LogP) is 2.05. The van der Waals surface area contributed by atoms with Crippen LogP contribution in [0.4, 0.5) is 0 Å². The summed E-state index contributed by atoms with van der Waals surface area (Å²) >= 11 is 0. The summed E-state index contributed by atoms with van der Waals surface area (Å²) in [5.41, 5.74) is 2.31. The van der Waals surface area contributed by atoms with Crippen LogP contribution in [0.1, 0.15) is 23.2 Å². The average molecular weight is 283 g/mol. The van der Waals surface area contributed by atoms with Gasteiger partial charge in [-0.15, -0.1) is 0 Å². The van der Waals surface area contributed by atoms with E-state index in [0.717, 1.165) is 30.6 Å². The Labute approximate surface area is 123 Å². The summed E-state index contributed by atoms with van der Waals surface area (Å²) in [5, 5.41) is 3.04. The maximum Gasteiger partial charge on any atom is 0.252 e. The van der Waals surface area contributed by atoms with Crippen LogP contribution in [0.2, 0.25) is 0 Å². The molecule has 1 atom stereocenters. The van der Waals surface area contributed by atoms with E-state index in [0.29, 0.717) is 12.2 Å². The summed E-state index contributed by atoms with van der Waals surface area (Å²) < 4.78 is 5.40.